The summed E-state index contributed by atoms with van der Waals surface area (Å²) in [5.74, 6) is 0.257. The Hall–Kier alpha value is -2.67. The van der Waals surface area contributed by atoms with Crippen molar-refractivity contribution in [2.45, 2.75) is 6.92 Å². The van der Waals surface area contributed by atoms with Gasteiger partial charge in [0.25, 0.3) is 0 Å². The number of halogens is 1. The number of hydrogen-bond donors (Lipinski definition) is 0. The van der Waals surface area contributed by atoms with E-state index in [1.54, 1.807) is 0 Å². The van der Waals surface area contributed by atoms with Crippen LogP contribution in [0.4, 0.5) is 11.4 Å². The largest absolute Gasteiger partial charge is 1.00 e. The number of ether oxygens (including phenoxy) is 1. The predicted octanol–water partition coefficient (Wildman–Crippen LogP) is 1.50. The maximum Gasteiger partial charge on any atom is 0.308 e. The van der Waals surface area contributed by atoms with Crippen LogP contribution in [0.3, 0.4) is 0 Å². The molecule has 140 valence electrons. The van der Waals surface area contributed by atoms with Crippen molar-refractivity contribution >= 4 is 39.0 Å². The van der Waals surface area contributed by atoms with Crippen LogP contribution in [-0.4, -0.2) is 13.0 Å². The third-order valence-electron chi connectivity index (χ3n) is 5.36. The Bertz CT molecular complexity index is 1270. The number of aryl methyl sites for hydroxylation is 1. The van der Waals surface area contributed by atoms with Gasteiger partial charge < -0.3 is 33.6 Å². The van der Waals surface area contributed by atoms with Crippen LogP contribution in [-0.2, 0) is 11.8 Å². The van der Waals surface area contributed by atoms with E-state index in [-0.39, 0.29) is 29.9 Å². The van der Waals surface area contributed by atoms with E-state index in [1.807, 2.05) is 18.2 Å². The molecule has 0 amide bonds. The van der Waals surface area contributed by atoms with Gasteiger partial charge in [0.05, 0.1) is 27.7 Å². The fourth-order valence-electron chi connectivity index (χ4n) is 4.25. The molecular weight excluding hydrogens is 463 g/mol. The third kappa shape index (κ3) is 2.57. The van der Waals surface area contributed by atoms with E-state index < -0.39 is 0 Å². The Balaban J connectivity index is 0.00000192. The quantitative estimate of drug-likeness (QED) is 0.136. The highest BCUT2D eigenvalue weighted by Crippen LogP contribution is 2.48. The average molecular weight is 482 g/mol. The lowest BCUT2D eigenvalue weighted by atomic mass is 9.93. The van der Waals surface area contributed by atoms with Gasteiger partial charge in [-0.15, -0.1) is 0 Å². The van der Waals surface area contributed by atoms with Crippen LogP contribution in [0.25, 0.3) is 32.9 Å². The molecule has 1 aliphatic rings. The van der Waals surface area contributed by atoms with Crippen molar-refractivity contribution in [1.82, 2.24) is 0 Å². The topological polar surface area (TPSA) is 33.4 Å². The van der Waals surface area contributed by atoms with Gasteiger partial charge in [0.2, 0.25) is 11.2 Å². The zero-order valence-electron chi connectivity index (χ0n) is 15.9. The van der Waals surface area contributed by atoms with Gasteiger partial charge in [0, 0.05) is 31.5 Å². The van der Waals surface area contributed by atoms with Gasteiger partial charge >= 0.3 is 5.97 Å². The number of pyridine rings is 1. The van der Waals surface area contributed by atoms with Crippen molar-refractivity contribution in [3.63, 3.8) is 0 Å². The van der Waals surface area contributed by atoms with Gasteiger partial charge in [0.1, 0.15) is 12.8 Å². The molecule has 0 fully saturated rings. The molecule has 0 spiro atoms. The van der Waals surface area contributed by atoms with Crippen LogP contribution in [0, 0.1) is 0 Å². The first kappa shape index (κ1) is 18.7. The summed E-state index contributed by atoms with van der Waals surface area (Å²) in [5.41, 5.74) is 5.70. The highest BCUT2D eigenvalue weighted by Gasteiger charge is 2.31. The van der Waals surface area contributed by atoms with Crippen molar-refractivity contribution in [1.29, 1.82) is 0 Å². The third-order valence-corrected chi connectivity index (χ3v) is 5.36. The number of anilines is 2. The van der Waals surface area contributed by atoms with E-state index in [0.717, 1.165) is 27.7 Å². The predicted molar refractivity (Wildman–Crippen MR) is 107 cm³/mol. The molecule has 4 nitrogen and oxygen atoms in total. The van der Waals surface area contributed by atoms with Crippen molar-refractivity contribution in [2.75, 3.05) is 11.9 Å². The summed E-state index contributed by atoms with van der Waals surface area (Å²) in [4.78, 5) is 13.8. The second-order valence-electron chi connectivity index (χ2n) is 6.96. The molecule has 1 aromatic heterocycles. The van der Waals surface area contributed by atoms with Gasteiger partial charge in [-0.05, 0) is 24.3 Å². The minimum atomic E-state index is -0.313. The number of para-hydroxylation sites is 2. The molecule has 0 aliphatic carbocycles. The summed E-state index contributed by atoms with van der Waals surface area (Å²) >= 11 is 0. The minimum Gasteiger partial charge on any atom is -1.00 e. The SMILES string of the molecule is CC(=O)Oc1cc2c3c([n+](C)c4ccccc4c3c1)-c1ccccc1N2C.[I-]. The molecule has 28 heavy (non-hydrogen) atoms. The summed E-state index contributed by atoms with van der Waals surface area (Å²) in [7, 11) is 4.17. The molecule has 4 aromatic rings. The molecule has 0 bridgehead atoms. The molecule has 5 heteroatoms. The van der Waals surface area contributed by atoms with Gasteiger partial charge in [0.15, 0.2) is 0 Å². The van der Waals surface area contributed by atoms with Crippen LogP contribution in [0.2, 0.25) is 0 Å². The highest BCUT2D eigenvalue weighted by atomic mass is 127. The van der Waals surface area contributed by atoms with E-state index >= 15 is 0 Å². The Morgan fingerprint density at radius 2 is 1.68 bits per heavy atom. The monoisotopic (exact) mass is 482 g/mol. The molecule has 0 radical (unpaired) electrons. The zero-order chi connectivity index (χ0) is 18.7. The number of fused-ring (bicyclic) bond motifs is 4. The summed E-state index contributed by atoms with van der Waals surface area (Å²) in [6.07, 6.45) is 0. The lowest BCUT2D eigenvalue weighted by molar-refractivity contribution is -0.632. The summed E-state index contributed by atoms with van der Waals surface area (Å²) in [5, 5.41) is 3.41. The number of aromatic nitrogens is 1. The normalized spacial score (nSPS) is 11.9. The first-order valence-corrected chi connectivity index (χ1v) is 8.96. The first-order chi connectivity index (χ1) is 13.1. The van der Waals surface area contributed by atoms with Crippen LogP contribution in [0.5, 0.6) is 5.75 Å². The van der Waals surface area contributed by atoms with Gasteiger partial charge in [-0.25, -0.2) is 0 Å². The van der Waals surface area contributed by atoms with E-state index in [0.29, 0.717) is 5.75 Å². The molecular formula is C23H19IN2O2. The van der Waals surface area contributed by atoms with Crippen molar-refractivity contribution in [2.24, 2.45) is 7.05 Å². The Morgan fingerprint density at radius 1 is 0.964 bits per heavy atom. The van der Waals surface area contributed by atoms with Gasteiger partial charge in [-0.2, -0.15) is 4.57 Å². The minimum absolute atomic E-state index is 0. The van der Waals surface area contributed by atoms with E-state index in [9.17, 15) is 4.79 Å². The molecule has 0 atom stereocenters. The Labute approximate surface area is 180 Å². The van der Waals surface area contributed by atoms with Crippen LogP contribution in [0.15, 0.2) is 60.7 Å². The van der Waals surface area contributed by atoms with E-state index in [1.165, 1.54) is 23.6 Å². The maximum absolute atomic E-state index is 11.6. The van der Waals surface area contributed by atoms with E-state index in [2.05, 4.69) is 66.0 Å². The molecule has 0 N–H and O–H groups in total. The zero-order valence-corrected chi connectivity index (χ0v) is 18.0. The van der Waals surface area contributed by atoms with Crippen molar-refractivity contribution < 1.29 is 38.1 Å². The summed E-state index contributed by atoms with van der Waals surface area (Å²) in [6, 6.07) is 20.7. The number of carbonyl (C=O) groups is 1. The fourth-order valence-corrected chi connectivity index (χ4v) is 4.25. The van der Waals surface area contributed by atoms with Crippen LogP contribution < -0.4 is 38.2 Å². The van der Waals surface area contributed by atoms with Gasteiger partial charge in [-0.3, -0.25) is 4.79 Å². The number of esters is 1. The molecule has 0 saturated heterocycles. The molecule has 0 unspecified atom stereocenters. The lowest BCUT2D eigenvalue weighted by Gasteiger charge is -2.29. The number of benzene rings is 3. The van der Waals surface area contributed by atoms with Crippen molar-refractivity contribution in [3.8, 4) is 17.0 Å². The van der Waals surface area contributed by atoms with Crippen LogP contribution in [0.1, 0.15) is 6.92 Å². The number of nitrogens with zero attached hydrogens (tertiary/aromatic N) is 2. The Morgan fingerprint density at radius 3 is 2.46 bits per heavy atom. The number of carbonyl (C=O) groups excluding carboxylic acids is 1. The van der Waals surface area contributed by atoms with Gasteiger partial charge in [-0.1, -0.05) is 24.3 Å². The number of rotatable bonds is 1. The fraction of sp³-hybridized carbons (Fsp3) is 0.130. The standard InChI is InChI=1S/C23H19N2O2.HI/c1-14(26)27-15-12-18-16-8-4-6-10-19(16)25(3)23-17-9-5-7-11-20(17)24(2)21(13-15)22(18)23;/h4-13H,1-3H3;1H/q+1;/p-1. The molecule has 1 aliphatic heterocycles. The molecule has 5 rings (SSSR count). The molecule has 3 aromatic carbocycles. The van der Waals surface area contributed by atoms with Crippen LogP contribution >= 0.6 is 0 Å². The summed E-state index contributed by atoms with van der Waals surface area (Å²) < 4.78 is 7.73. The molecule has 0 saturated carbocycles. The number of hydrogen-bond acceptors (Lipinski definition) is 3. The second kappa shape index (κ2) is 6.74. The Kier molecular flexibility index (Phi) is 4.50. The van der Waals surface area contributed by atoms with Crippen molar-refractivity contribution in [3.05, 3.63) is 60.7 Å². The lowest BCUT2D eigenvalue weighted by Crippen LogP contribution is -3.00. The average Bonchev–Trinajstić information content (AvgIpc) is 2.67. The first-order valence-electron chi connectivity index (χ1n) is 8.96. The maximum atomic E-state index is 11.6. The summed E-state index contributed by atoms with van der Waals surface area (Å²) in [6.45, 7) is 1.43. The van der Waals surface area contributed by atoms with E-state index in [4.69, 9.17) is 4.74 Å². The smallest absolute Gasteiger partial charge is 0.308 e. The highest BCUT2D eigenvalue weighted by molar-refractivity contribution is 6.17. The molecule has 2 heterocycles. The second-order valence-corrected chi connectivity index (χ2v) is 6.96.